The molecule has 3 aromatic rings. The molecule has 0 saturated carbocycles. The second-order valence-corrected chi connectivity index (χ2v) is 4.78. The molecule has 2 aromatic heterocycles. The van der Waals surface area contributed by atoms with Crippen molar-refractivity contribution in [3.05, 3.63) is 36.4 Å². The van der Waals surface area contributed by atoms with E-state index in [9.17, 15) is 0 Å². The molecule has 0 fully saturated rings. The Morgan fingerprint density at radius 3 is 3.05 bits per heavy atom. The predicted molar refractivity (Wildman–Crippen MR) is 79.8 cm³/mol. The summed E-state index contributed by atoms with van der Waals surface area (Å²) >= 11 is 0. The molecule has 0 aliphatic carbocycles. The van der Waals surface area contributed by atoms with Crippen LogP contribution >= 0.6 is 0 Å². The summed E-state index contributed by atoms with van der Waals surface area (Å²) in [4.78, 5) is 4.29. The second kappa shape index (κ2) is 6.07. The van der Waals surface area contributed by atoms with Crippen molar-refractivity contribution in [2.75, 3.05) is 20.3 Å². The molecule has 0 aliphatic heterocycles. The van der Waals surface area contributed by atoms with Gasteiger partial charge in [-0.1, -0.05) is 18.2 Å². The van der Waals surface area contributed by atoms with Gasteiger partial charge in [-0.3, -0.25) is 4.68 Å². The van der Waals surface area contributed by atoms with Gasteiger partial charge in [0, 0.05) is 26.1 Å². The third kappa shape index (κ3) is 2.81. The number of para-hydroxylation sites is 1. The van der Waals surface area contributed by atoms with E-state index in [2.05, 4.69) is 15.4 Å². The van der Waals surface area contributed by atoms with E-state index in [0.717, 1.165) is 23.1 Å². The molecule has 0 radical (unpaired) electrons. The van der Waals surface area contributed by atoms with E-state index >= 15 is 0 Å². The van der Waals surface area contributed by atoms with E-state index in [1.807, 2.05) is 36.0 Å². The lowest BCUT2D eigenvalue weighted by Crippen LogP contribution is -2.18. The van der Waals surface area contributed by atoms with Gasteiger partial charge in [0.2, 0.25) is 5.89 Å². The number of nitrogens with one attached hydrogen (secondary N) is 1. The van der Waals surface area contributed by atoms with Gasteiger partial charge in [-0.25, -0.2) is 4.98 Å². The summed E-state index contributed by atoms with van der Waals surface area (Å²) in [7, 11) is 3.60. The summed E-state index contributed by atoms with van der Waals surface area (Å²) in [5.74, 6) is 1.34. The Labute approximate surface area is 122 Å². The first-order chi connectivity index (χ1) is 10.3. The SMILES string of the molecule is COCCNCc1ncc(-c2nn(C)c3ccccc23)o1. The molecule has 110 valence electrons. The number of fused-ring (bicyclic) bond motifs is 1. The average molecular weight is 286 g/mol. The van der Waals surface area contributed by atoms with Gasteiger partial charge < -0.3 is 14.5 Å². The molecule has 0 bridgehead atoms. The summed E-state index contributed by atoms with van der Waals surface area (Å²) in [6.45, 7) is 2.01. The van der Waals surface area contributed by atoms with E-state index in [-0.39, 0.29) is 0 Å². The van der Waals surface area contributed by atoms with Gasteiger partial charge in [0.15, 0.2) is 5.76 Å². The van der Waals surface area contributed by atoms with Gasteiger partial charge >= 0.3 is 0 Å². The maximum Gasteiger partial charge on any atom is 0.208 e. The van der Waals surface area contributed by atoms with Crippen molar-refractivity contribution >= 4 is 10.9 Å². The molecule has 6 nitrogen and oxygen atoms in total. The summed E-state index contributed by atoms with van der Waals surface area (Å²) in [5, 5.41) is 8.79. The molecule has 0 atom stereocenters. The molecule has 0 unspecified atom stereocenters. The van der Waals surface area contributed by atoms with E-state index in [1.54, 1.807) is 13.3 Å². The standard InChI is InChI=1S/C15H18N4O2/c1-19-12-6-4-3-5-11(12)15(18-19)13-9-17-14(21-13)10-16-7-8-20-2/h3-6,9,16H,7-8,10H2,1-2H3. The number of nitrogens with zero attached hydrogens (tertiary/aromatic N) is 3. The highest BCUT2D eigenvalue weighted by atomic mass is 16.5. The maximum atomic E-state index is 5.78. The first kappa shape index (κ1) is 13.8. The molecule has 0 spiro atoms. The predicted octanol–water partition coefficient (Wildman–Crippen LogP) is 1.96. The summed E-state index contributed by atoms with van der Waals surface area (Å²) < 4.78 is 12.6. The molecule has 21 heavy (non-hydrogen) atoms. The Hall–Kier alpha value is -2.18. The van der Waals surface area contributed by atoms with Gasteiger partial charge in [-0.2, -0.15) is 5.10 Å². The highest BCUT2D eigenvalue weighted by Gasteiger charge is 2.14. The minimum absolute atomic E-state index is 0.578. The van der Waals surface area contributed by atoms with Crippen molar-refractivity contribution in [2.45, 2.75) is 6.54 Å². The Kier molecular flexibility index (Phi) is 3.98. The molecule has 2 heterocycles. The van der Waals surface area contributed by atoms with Gasteiger partial charge in [0.25, 0.3) is 0 Å². The number of aromatic nitrogens is 3. The monoisotopic (exact) mass is 286 g/mol. The Morgan fingerprint density at radius 1 is 1.33 bits per heavy atom. The normalized spacial score (nSPS) is 11.3. The zero-order valence-electron chi connectivity index (χ0n) is 12.2. The number of rotatable bonds is 6. The number of hydrogen-bond donors (Lipinski definition) is 1. The topological polar surface area (TPSA) is 65.1 Å². The third-order valence-electron chi connectivity index (χ3n) is 3.30. The van der Waals surface area contributed by atoms with Crippen molar-refractivity contribution < 1.29 is 9.15 Å². The fraction of sp³-hybridized carbons (Fsp3) is 0.333. The first-order valence-corrected chi connectivity index (χ1v) is 6.86. The fourth-order valence-electron chi connectivity index (χ4n) is 2.27. The first-order valence-electron chi connectivity index (χ1n) is 6.86. The minimum atomic E-state index is 0.578. The zero-order chi connectivity index (χ0) is 14.7. The highest BCUT2D eigenvalue weighted by Crippen LogP contribution is 2.27. The van der Waals surface area contributed by atoms with E-state index in [1.165, 1.54) is 0 Å². The largest absolute Gasteiger partial charge is 0.438 e. The van der Waals surface area contributed by atoms with E-state index in [4.69, 9.17) is 9.15 Å². The molecule has 1 N–H and O–H groups in total. The molecule has 0 saturated heterocycles. The second-order valence-electron chi connectivity index (χ2n) is 4.78. The molecular formula is C15H18N4O2. The lowest BCUT2D eigenvalue weighted by atomic mass is 10.2. The number of hydrogen-bond acceptors (Lipinski definition) is 5. The van der Waals surface area contributed by atoms with Gasteiger partial charge in [-0.15, -0.1) is 0 Å². The van der Waals surface area contributed by atoms with Crippen LogP contribution in [0.4, 0.5) is 0 Å². The van der Waals surface area contributed by atoms with Crippen LogP contribution < -0.4 is 5.32 Å². The maximum absolute atomic E-state index is 5.78. The molecule has 0 aliphatic rings. The van der Waals surface area contributed by atoms with Crippen LogP contribution in [0, 0.1) is 0 Å². The Balaban J connectivity index is 1.82. The van der Waals surface area contributed by atoms with Crippen molar-refractivity contribution in [3.63, 3.8) is 0 Å². The fourth-order valence-corrected chi connectivity index (χ4v) is 2.27. The lowest BCUT2D eigenvalue weighted by Gasteiger charge is -1.99. The van der Waals surface area contributed by atoms with Gasteiger partial charge in [-0.05, 0) is 6.07 Å². The van der Waals surface area contributed by atoms with Crippen LogP contribution in [0.5, 0.6) is 0 Å². The molecular weight excluding hydrogens is 268 g/mol. The molecule has 0 amide bonds. The van der Waals surface area contributed by atoms with Crippen molar-refractivity contribution in [1.29, 1.82) is 0 Å². The average Bonchev–Trinajstić information content (AvgIpc) is 3.09. The quantitative estimate of drug-likeness (QED) is 0.702. The van der Waals surface area contributed by atoms with Crippen LogP contribution in [-0.2, 0) is 18.3 Å². The number of aryl methyl sites for hydroxylation is 1. The lowest BCUT2D eigenvalue weighted by molar-refractivity contribution is 0.198. The number of oxazole rings is 1. The van der Waals surface area contributed by atoms with Crippen molar-refractivity contribution in [1.82, 2.24) is 20.1 Å². The molecule has 6 heteroatoms. The Morgan fingerprint density at radius 2 is 2.19 bits per heavy atom. The van der Waals surface area contributed by atoms with Crippen LogP contribution in [0.3, 0.4) is 0 Å². The zero-order valence-corrected chi connectivity index (χ0v) is 12.2. The third-order valence-corrected chi connectivity index (χ3v) is 3.30. The van der Waals surface area contributed by atoms with Gasteiger partial charge in [0.05, 0.1) is 24.9 Å². The number of ether oxygens (including phenoxy) is 1. The van der Waals surface area contributed by atoms with E-state index in [0.29, 0.717) is 24.8 Å². The van der Waals surface area contributed by atoms with Crippen molar-refractivity contribution in [3.8, 4) is 11.5 Å². The van der Waals surface area contributed by atoms with Crippen LogP contribution in [0.25, 0.3) is 22.4 Å². The van der Waals surface area contributed by atoms with Crippen LogP contribution in [0.2, 0.25) is 0 Å². The molecule has 3 rings (SSSR count). The Bertz CT molecular complexity index is 732. The molecule has 1 aromatic carbocycles. The van der Waals surface area contributed by atoms with Crippen LogP contribution in [0.15, 0.2) is 34.9 Å². The van der Waals surface area contributed by atoms with Gasteiger partial charge in [0.1, 0.15) is 5.69 Å². The van der Waals surface area contributed by atoms with E-state index < -0.39 is 0 Å². The number of benzene rings is 1. The highest BCUT2D eigenvalue weighted by molar-refractivity contribution is 5.91. The minimum Gasteiger partial charge on any atom is -0.438 e. The summed E-state index contributed by atoms with van der Waals surface area (Å²) in [5.41, 5.74) is 1.90. The summed E-state index contributed by atoms with van der Waals surface area (Å²) in [6, 6.07) is 8.07. The van der Waals surface area contributed by atoms with Crippen molar-refractivity contribution in [2.24, 2.45) is 7.05 Å². The smallest absolute Gasteiger partial charge is 0.208 e. The van der Waals surface area contributed by atoms with Crippen LogP contribution in [0.1, 0.15) is 5.89 Å². The summed E-state index contributed by atoms with van der Waals surface area (Å²) in [6.07, 6.45) is 1.72. The van der Waals surface area contributed by atoms with Crippen LogP contribution in [-0.4, -0.2) is 35.0 Å². The number of methoxy groups -OCH3 is 1.